The van der Waals surface area contributed by atoms with Gasteiger partial charge in [0, 0.05) is 16.9 Å². The Hall–Kier alpha value is -2.33. The molecule has 3 aliphatic rings. The van der Waals surface area contributed by atoms with E-state index in [9.17, 15) is 4.79 Å². The molecule has 2 aliphatic heterocycles. The van der Waals surface area contributed by atoms with Crippen LogP contribution in [0.15, 0.2) is 54.6 Å². The molecule has 2 fully saturated rings. The fourth-order valence-electron chi connectivity index (χ4n) is 6.11. The minimum absolute atomic E-state index is 0.0328. The second-order valence-electron chi connectivity index (χ2n) is 9.28. The van der Waals surface area contributed by atoms with Gasteiger partial charge in [0.2, 0.25) is 0 Å². The lowest BCUT2D eigenvalue weighted by Crippen LogP contribution is -2.66. The Morgan fingerprint density at radius 1 is 1.10 bits per heavy atom. The van der Waals surface area contributed by atoms with Crippen molar-refractivity contribution in [1.29, 1.82) is 0 Å². The molecule has 0 amide bonds. The van der Waals surface area contributed by atoms with Gasteiger partial charge in [0.1, 0.15) is 11.4 Å². The molecule has 2 heterocycles. The molecule has 2 bridgehead atoms. The molecule has 2 aromatic carbocycles. The average molecular weight is 392 g/mol. The summed E-state index contributed by atoms with van der Waals surface area (Å²) in [6.07, 6.45) is 0.962. The van der Waals surface area contributed by atoms with Crippen molar-refractivity contribution in [2.45, 2.75) is 38.9 Å². The summed E-state index contributed by atoms with van der Waals surface area (Å²) in [4.78, 5) is 12.6. The van der Waals surface area contributed by atoms with Gasteiger partial charge in [-0.3, -0.25) is 0 Å². The predicted octanol–water partition coefficient (Wildman–Crippen LogP) is 5.04. The quantitative estimate of drug-likeness (QED) is 0.686. The number of para-hydroxylation sites is 1. The first-order valence-electron chi connectivity index (χ1n) is 10.6. The Balaban J connectivity index is 1.44. The van der Waals surface area contributed by atoms with Crippen molar-refractivity contribution in [2.24, 2.45) is 23.2 Å². The van der Waals surface area contributed by atoms with E-state index < -0.39 is 0 Å². The maximum atomic E-state index is 12.6. The van der Waals surface area contributed by atoms with Gasteiger partial charge in [-0.15, -0.1) is 0 Å². The highest BCUT2D eigenvalue weighted by molar-refractivity contribution is 5.89. The molecular formula is C25H28O4. The number of carbonyl (C=O) groups is 1. The molecule has 152 valence electrons. The van der Waals surface area contributed by atoms with Crippen LogP contribution in [0.5, 0.6) is 5.75 Å². The molecule has 2 aromatic rings. The minimum atomic E-state index is -0.273. The first-order chi connectivity index (χ1) is 13.9. The van der Waals surface area contributed by atoms with E-state index in [1.54, 1.807) is 12.1 Å². The SMILES string of the molecule is C[C@H]1C[C@@]2(C)Oc3ccccc3[C@H]3OC[C@]1(COC(=O)c1ccccc1)[C@@H](C)[C@@H]32. The Kier molecular flexibility index (Phi) is 4.25. The molecule has 1 saturated heterocycles. The van der Waals surface area contributed by atoms with Gasteiger partial charge >= 0.3 is 5.97 Å². The Morgan fingerprint density at radius 2 is 1.83 bits per heavy atom. The van der Waals surface area contributed by atoms with Gasteiger partial charge in [0.15, 0.2) is 0 Å². The molecule has 0 radical (unpaired) electrons. The van der Waals surface area contributed by atoms with Crippen LogP contribution in [0.4, 0.5) is 0 Å². The topological polar surface area (TPSA) is 44.8 Å². The van der Waals surface area contributed by atoms with Crippen LogP contribution in [0.1, 0.15) is 49.2 Å². The van der Waals surface area contributed by atoms with Crippen molar-refractivity contribution in [3.63, 3.8) is 0 Å². The molecule has 4 heteroatoms. The smallest absolute Gasteiger partial charge is 0.338 e. The van der Waals surface area contributed by atoms with Crippen LogP contribution < -0.4 is 4.74 Å². The second kappa shape index (κ2) is 6.60. The van der Waals surface area contributed by atoms with Crippen LogP contribution >= 0.6 is 0 Å². The molecule has 0 aromatic heterocycles. The maximum Gasteiger partial charge on any atom is 0.338 e. The predicted molar refractivity (Wildman–Crippen MR) is 110 cm³/mol. The summed E-state index contributed by atoms with van der Waals surface area (Å²) in [5, 5.41) is 0. The summed E-state index contributed by atoms with van der Waals surface area (Å²) >= 11 is 0. The highest BCUT2D eigenvalue weighted by atomic mass is 16.5. The largest absolute Gasteiger partial charge is 0.487 e. The van der Waals surface area contributed by atoms with Gasteiger partial charge in [-0.2, -0.15) is 0 Å². The third kappa shape index (κ3) is 2.72. The van der Waals surface area contributed by atoms with Crippen LogP contribution in [-0.4, -0.2) is 24.8 Å². The second-order valence-corrected chi connectivity index (χ2v) is 9.28. The Labute approximate surface area is 172 Å². The van der Waals surface area contributed by atoms with E-state index in [2.05, 4.69) is 26.8 Å². The monoisotopic (exact) mass is 392 g/mol. The molecule has 6 atom stereocenters. The fourth-order valence-corrected chi connectivity index (χ4v) is 6.11. The van der Waals surface area contributed by atoms with Crippen molar-refractivity contribution in [2.75, 3.05) is 13.2 Å². The van der Waals surface area contributed by atoms with E-state index in [1.165, 1.54) is 0 Å². The average Bonchev–Trinajstić information content (AvgIpc) is 2.72. The lowest BCUT2D eigenvalue weighted by Gasteiger charge is -2.63. The summed E-state index contributed by atoms with van der Waals surface area (Å²) in [6, 6.07) is 17.4. The summed E-state index contributed by atoms with van der Waals surface area (Å²) in [7, 11) is 0. The van der Waals surface area contributed by atoms with Gasteiger partial charge in [-0.1, -0.05) is 50.2 Å². The maximum absolute atomic E-state index is 12.6. The summed E-state index contributed by atoms with van der Waals surface area (Å²) < 4.78 is 18.9. The molecule has 29 heavy (non-hydrogen) atoms. The number of rotatable bonds is 3. The van der Waals surface area contributed by atoms with E-state index >= 15 is 0 Å². The van der Waals surface area contributed by atoms with E-state index in [4.69, 9.17) is 14.2 Å². The third-order valence-corrected chi connectivity index (χ3v) is 7.75. The number of hydrogen-bond acceptors (Lipinski definition) is 4. The van der Waals surface area contributed by atoms with Gasteiger partial charge in [-0.05, 0) is 43.4 Å². The minimum Gasteiger partial charge on any atom is -0.487 e. The zero-order valence-electron chi connectivity index (χ0n) is 17.3. The van der Waals surface area contributed by atoms with E-state index in [0.29, 0.717) is 30.6 Å². The first-order valence-corrected chi connectivity index (χ1v) is 10.6. The van der Waals surface area contributed by atoms with Crippen molar-refractivity contribution in [1.82, 2.24) is 0 Å². The van der Waals surface area contributed by atoms with E-state index in [1.807, 2.05) is 36.4 Å². The number of ether oxygens (including phenoxy) is 3. The van der Waals surface area contributed by atoms with Crippen molar-refractivity contribution in [3.8, 4) is 5.75 Å². The molecule has 0 spiro atoms. The number of benzene rings is 2. The lowest BCUT2D eigenvalue weighted by molar-refractivity contribution is -0.259. The summed E-state index contributed by atoms with van der Waals surface area (Å²) in [6.45, 7) is 7.75. The zero-order chi connectivity index (χ0) is 20.2. The van der Waals surface area contributed by atoms with Crippen molar-refractivity contribution >= 4 is 5.97 Å². The van der Waals surface area contributed by atoms with Gasteiger partial charge < -0.3 is 14.2 Å². The van der Waals surface area contributed by atoms with Crippen LogP contribution in [0.2, 0.25) is 0 Å². The van der Waals surface area contributed by atoms with Gasteiger partial charge in [-0.25, -0.2) is 4.79 Å². The zero-order valence-corrected chi connectivity index (χ0v) is 17.3. The molecule has 4 nitrogen and oxygen atoms in total. The first kappa shape index (κ1) is 18.7. The summed E-state index contributed by atoms with van der Waals surface area (Å²) in [5.41, 5.74) is 1.27. The fraction of sp³-hybridized carbons (Fsp3) is 0.480. The Bertz CT molecular complexity index is 925. The standard InChI is InChI=1S/C25H28O4/c1-16-13-24(3)21-17(2)25(16,15-28-23(26)18-9-5-4-6-10-18)14-27-22(21)19-11-7-8-12-20(19)29-24/h4-12,16-17,21-22H,13-15H2,1-3H3/t16-,17-,21-,22+,24+,25+/m0/s1. The molecular weight excluding hydrogens is 364 g/mol. The van der Waals surface area contributed by atoms with Gasteiger partial charge in [0.05, 0.1) is 24.9 Å². The highest BCUT2D eigenvalue weighted by Crippen LogP contribution is 2.63. The molecule has 5 rings (SSSR count). The molecule has 0 unspecified atom stereocenters. The van der Waals surface area contributed by atoms with E-state index in [0.717, 1.165) is 17.7 Å². The van der Waals surface area contributed by atoms with Crippen LogP contribution in [0.25, 0.3) is 0 Å². The molecule has 1 saturated carbocycles. The number of hydrogen-bond donors (Lipinski definition) is 0. The van der Waals surface area contributed by atoms with Crippen molar-refractivity contribution in [3.05, 3.63) is 65.7 Å². The molecule has 1 aliphatic carbocycles. The summed E-state index contributed by atoms with van der Waals surface area (Å²) in [5.74, 6) is 1.54. The van der Waals surface area contributed by atoms with Crippen LogP contribution in [0, 0.1) is 23.2 Å². The normalized spacial score (nSPS) is 37.2. The van der Waals surface area contributed by atoms with Crippen LogP contribution in [0.3, 0.4) is 0 Å². The van der Waals surface area contributed by atoms with Crippen LogP contribution in [-0.2, 0) is 9.47 Å². The van der Waals surface area contributed by atoms with E-state index in [-0.39, 0.29) is 29.0 Å². The molecule has 0 N–H and O–H groups in total. The van der Waals surface area contributed by atoms with Gasteiger partial charge in [0.25, 0.3) is 0 Å². The highest BCUT2D eigenvalue weighted by Gasteiger charge is 2.64. The van der Waals surface area contributed by atoms with Crippen molar-refractivity contribution < 1.29 is 19.0 Å². The third-order valence-electron chi connectivity index (χ3n) is 7.75. The lowest BCUT2D eigenvalue weighted by atomic mass is 9.50. The number of fused-ring (bicyclic) bond motifs is 3. The Morgan fingerprint density at radius 3 is 2.62 bits per heavy atom. The number of carbonyl (C=O) groups excluding carboxylic acids is 1. The number of esters is 1.